The van der Waals surface area contributed by atoms with E-state index in [1.807, 2.05) is 32.9 Å². The summed E-state index contributed by atoms with van der Waals surface area (Å²) < 4.78 is 59.4. The van der Waals surface area contributed by atoms with Gasteiger partial charge in [-0.15, -0.1) is 0 Å². The van der Waals surface area contributed by atoms with Gasteiger partial charge in [-0.3, -0.25) is 34.4 Å². The molecule has 18 nitrogen and oxygen atoms in total. The van der Waals surface area contributed by atoms with Gasteiger partial charge in [0.2, 0.25) is 0 Å². The van der Waals surface area contributed by atoms with Crippen molar-refractivity contribution in [1.29, 1.82) is 0 Å². The maximum absolute atomic E-state index is 13.8. The molecule has 0 bridgehead atoms. The van der Waals surface area contributed by atoms with Crippen molar-refractivity contribution in [3.05, 3.63) is 117 Å². The lowest BCUT2D eigenvalue weighted by Crippen LogP contribution is -2.49. The summed E-state index contributed by atoms with van der Waals surface area (Å²) in [5, 5.41) is 3.60. The SMILES string of the molecule is C.CC(C)(C)OC(=O)N(Cc1cc2c(cn1)OCCCO2)C1CCN(CCn2c(=O)ccc3ncc(F)cc32)CC1.O=c1ccc2ncc(F)cc2n1CCN1CCC(NCc2cc3c(cn2)OCCCO3)CC1. The number of fused-ring (bicyclic) bond motifs is 4. The van der Waals surface area contributed by atoms with E-state index < -0.39 is 17.2 Å². The lowest BCUT2D eigenvalue weighted by molar-refractivity contribution is 0.00530. The first-order valence-corrected chi connectivity index (χ1v) is 25.3. The minimum Gasteiger partial charge on any atom is -0.489 e. The van der Waals surface area contributed by atoms with E-state index in [9.17, 15) is 23.2 Å². The van der Waals surface area contributed by atoms with Crippen molar-refractivity contribution in [2.24, 2.45) is 0 Å². The summed E-state index contributed by atoms with van der Waals surface area (Å²) >= 11 is 0. The maximum atomic E-state index is 13.8. The molecule has 74 heavy (non-hydrogen) atoms. The largest absolute Gasteiger partial charge is 0.489 e. The quantitative estimate of drug-likeness (QED) is 0.133. The second kappa shape index (κ2) is 24.5. The van der Waals surface area contributed by atoms with Crippen LogP contribution in [0.1, 0.15) is 78.1 Å². The fourth-order valence-electron chi connectivity index (χ4n) is 9.53. The molecular formula is C54H68F2N10O8. The molecule has 4 aliphatic heterocycles. The molecule has 396 valence electrons. The van der Waals surface area contributed by atoms with Crippen molar-refractivity contribution in [3.8, 4) is 23.0 Å². The highest BCUT2D eigenvalue weighted by molar-refractivity contribution is 5.75. The van der Waals surface area contributed by atoms with Gasteiger partial charge in [0.25, 0.3) is 11.1 Å². The summed E-state index contributed by atoms with van der Waals surface area (Å²) in [5.74, 6) is 1.83. The first-order valence-electron chi connectivity index (χ1n) is 25.3. The van der Waals surface area contributed by atoms with Crippen LogP contribution in [0.2, 0.25) is 0 Å². The molecule has 0 radical (unpaired) electrons. The number of piperidine rings is 2. The molecule has 10 heterocycles. The van der Waals surface area contributed by atoms with Crippen LogP contribution in [-0.4, -0.2) is 133 Å². The molecule has 20 heteroatoms. The fourth-order valence-corrected chi connectivity index (χ4v) is 9.53. The number of hydrogen-bond acceptors (Lipinski definition) is 15. The summed E-state index contributed by atoms with van der Waals surface area (Å²) in [7, 11) is 0. The number of ether oxygens (including phenoxy) is 5. The van der Waals surface area contributed by atoms with E-state index in [1.165, 1.54) is 30.5 Å². The third kappa shape index (κ3) is 13.9. The maximum Gasteiger partial charge on any atom is 0.410 e. The Hall–Kier alpha value is -6.77. The van der Waals surface area contributed by atoms with Crippen LogP contribution in [0.5, 0.6) is 23.0 Å². The Labute approximate surface area is 429 Å². The van der Waals surface area contributed by atoms with Crippen LogP contribution in [0.15, 0.2) is 82.9 Å². The molecule has 0 aromatic carbocycles. The van der Waals surface area contributed by atoms with Gasteiger partial charge in [-0.1, -0.05) is 7.43 Å². The Morgan fingerprint density at radius 2 is 1.12 bits per heavy atom. The molecular weight excluding hydrogens is 955 g/mol. The van der Waals surface area contributed by atoms with Crippen molar-refractivity contribution in [2.45, 2.75) is 111 Å². The number of hydrogen-bond donors (Lipinski definition) is 1. The first-order chi connectivity index (χ1) is 35.3. The fraction of sp³-hybridized carbons (Fsp3) is 0.500. The molecule has 1 amide bonds. The Balaban J connectivity index is 0.000000198. The molecule has 10 rings (SSSR count). The van der Waals surface area contributed by atoms with Gasteiger partial charge in [0, 0.05) is 107 Å². The van der Waals surface area contributed by atoms with E-state index in [0.29, 0.717) is 110 Å². The summed E-state index contributed by atoms with van der Waals surface area (Å²) in [5.41, 5.74) is 2.93. The van der Waals surface area contributed by atoms with Crippen molar-refractivity contribution in [3.63, 3.8) is 0 Å². The smallest absolute Gasteiger partial charge is 0.410 e. The average molecular weight is 1020 g/mol. The van der Waals surface area contributed by atoms with Gasteiger partial charge >= 0.3 is 6.09 Å². The molecule has 0 aliphatic carbocycles. The van der Waals surface area contributed by atoms with E-state index >= 15 is 0 Å². The number of pyridine rings is 6. The molecule has 6 aromatic rings. The predicted molar refractivity (Wildman–Crippen MR) is 276 cm³/mol. The van der Waals surface area contributed by atoms with Crippen molar-refractivity contribution < 1.29 is 37.3 Å². The zero-order valence-electron chi connectivity index (χ0n) is 41.8. The second-order valence-electron chi connectivity index (χ2n) is 19.8. The number of aromatic nitrogens is 6. The number of amides is 1. The van der Waals surface area contributed by atoms with Crippen LogP contribution in [-0.2, 0) is 30.9 Å². The molecule has 0 spiro atoms. The monoisotopic (exact) mass is 1020 g/mol. The summed E-state index contributed by atoms with van der Waals surface area (Å²) in [4.78, 5) is 61.8. The number of likely N-dealkylation sites (tertiary alicyclic amines) is 2. The Morgan fingerprint density at radius 1 is 0.649 bits per heavy atom. The van der Waals surface area contributed by atoms with Gasteiger partial charge in [-0.05, 0) is 71.7 Å². The Morgan fingerprint density at radius 3 is 1.64 bits per heavy atom. The van der Waals surface area contributed by atoms with Gasteiger partial charge in [0.05, 0.1) is 91.2 Å². The van der Waals surface area contributed by atoms with Crippen molar-refractivity contribution >= 4 is 28.2 Å². The number of rotatable bonds is 12. The zero-order chi connectivity index (χ0) is 50.9. The van der Waals surface area contributed by atoms with Crippen LogP contribution in [0.25, 0.3) is 22.1 Å². The molecule has 0 saturated carbocycles. The van der Waals surface area contributed by atoms with Crippen molar-refractivity contribution in [1.82, 2.24) is 49.1 Å². The third-order valence-electron chi connectivity index (χ3n) is 13.4. The minimum atomic E-state index is -0.631. The summed E-state index contributed by atoms with van der Waals surface area (Å²) in [6.07, 6.45) is 10.6. The molecule has 6 aromatic heterocycles. The van der Waals surface area contributed by atoms with Gasteiger partial charge in [0.15, 0.2) is 23.0 Å². The molecule has 2 fully saturated rings. The average Bonchev–Trinajstić information content (AvgIpc) is 3.77. The molecule has 2 saturated heterocycles. The second-order valence-corrected chi connectivity index (χ2v) is 19.8. The number of carbonyl (C=O) groups is 1. The van der Waals surface area contributed by atoms with Crippen LogP contribution >= 0.6 is 0 Å². The highest BCUT2D eigenvalue weighted by Gasteiger charge is 2.32. The first kappa shape index (κ1) is 53.5. The lowest BCUT2D eigenvalue weighted by Gasteiger charge is -2.39. The van der Waals surface area contributed by atoms with Gasteiger partial charge < -0.3 is 47.9 Å². The molecule has 1 N–H and O–H groups in total. The van der Waals surface area contributed by atoms with Crippen LogP contribution < -0.4 is 35.4 Å². The normalized spacial score (nSPS) is 16.6. The van der Waals surface area contributed by atoms with E-state index in [0.717, 1.165) is 88.9 Å². The van der Waals surface area contributed by atoms with E-state index in [2.05, 4.69) is 35.1 Å². The molecule has 0 atom stereocenters. The minimum absolute atomic E-state index is 0. The Kier molecular flexibility index (Phi) is 17.7. The highest BCUT2D eigenvalue weighted by Crippen LogP contribution is 2.31. The number of carbonyl (C=O) groups excluding carboxylic acids is 1. The van der Waals surface area contributed by atoms with Crippen LogP contribution in [0.3, 0.4) is 0 Å². The standard InChI is InChI=1S/C29H36FN5O5.C24H28FN5O3.CH4/c1-29(2,3)40-28(37)35(19-21-16-25-26(18-31-21)39-14-4-13-38-25)22-7-9-33(10-8-22)11-12-34-24-15-20(30)17-32-23(24)5-6-27(34)36;25-17-12-21-20(28-14-17)2-3-24(31)30(21)9-8-29-6-4-18(5-7-29)26-15-19-13-22-23(16-27-19)33-11-1-10-32-22;/h5-6,15-18,22H,4,7-14,19H2,1-3H3;2-3,12-14,16,18,26H,1,4-11,15H2;1H4. The van der Waals surface area contributed by atoms with E-state index in [1.54, 1.807) is 38.6 Å². The van der Waals surface area contributed by atoms with Crippen molar-refractivity contribution in [2.75, 3.05) is 65.7 Å². The van der Waals surface area contributed by atoms with Crippen LogP contribution in [0.4, 0.5) is 13.6 Å². The number of nitrogens with one attached hydrogen (secondary N) is 1. The van der Waals surface area contributed by atoms with Crippen LogP contribution in [0, 0.1) is 11.6 Å². The van der Waals surface area contributed by atoms with E-state index in [4.69, 9.17) is 23.7 Å². The number of nitrogens with zero attached hydrogens (tertiary/aromatic N) is 9. The van der Waals surface area contributed by atoms with Gasteiger partial charge in [-0.25, -0.2) is 13.6 Å². The lowest BCUT2D eigenvalue weighted by atomic mass is 10.0. The molecule has 0 unspecified atom stereocenters. The van der Waals surface area contributed by atoms with Gasteiger partial charge in [-0.2, -0.15) is 0 Å². The summed E-state index contributed by atoms with van der Waals surface area (Å²) in [6.45, 7) is 14.7. The summed E-state index contributed by atoms with van der Waals surface area (Å²) in [6, 6.07) is 13.1. The topological polar surface area (TPSA) is 181 Å². The zero-order valence-corrected chi connectivity index (χ0v) is 41.8. The van der Waals surface area contributed by atoms with Gasteiger partial charge in [0.1, 0.15) is 17.2 Å². The van der Waals surface area contributed by atoms with E-state index in [-0.39, 0.29) is 30.7 Å². The Bertz CT molecular complexity index is 2990. The molecule has 4 aliphatic rings. The highest BCUT2D eigenvalue weighted by atomic mass is 19.1. The third-order valence-corrected chi connectivity index (χ3v) is 13.4. The predicted octanol–water partition coefficient (Wildman–Crippen LogP) is 6.98. The number of halogens is 2.